The molecule has 0 saturated carbocycles. The van der Waals surface area contributed by atoms with E-state index in [0.29, 0.717) is 17.1 Å². The van der Waals surface area contributed by atoms with Crippen molar-refractivity contribution < 1.29 is 4.39 Å². The van der Waals surface area contributed by atoms with E-state index in [1.165, 1.54) is 6.07 Å². The van der Waals surface area contributed by atoms with Crippen LogP contribution in [-0.2, 0) is 6.54 Å². The number of alkyl halides is 1. The number of piperazine rings is 1. The minimum absolute atomic E-state index is 0.203. The molecule has 5 heteroatoms. The van der Waals surface area contributed by atoms with Gasteiger partial charge in [0.2, 0.25) is 0 Å². The van der Waals surface area contributed by atoms with Crippen molar-refractivity contribution in [2.45, 2.75) is 6.54 Å². The zero-order valence-corrected chi connectivity index (χ0v) is 12.6. The fraction of sp³-hybridized carbons (Fsp3) is 0.538. The van der Waals surface area contributed by atoms with Gasteiger partial charge in [0.25, 0.3) is 0 Å². The molecule has 1 aliphatic rings. The summed E-state index contributed by atoms with van der Waals surface area (Å²) in [6, 6.07) is 4.87. The molecule has 2 nitrogen and oxygen atoms in total. The normalized spacial score (nSPS) is 18.2. The Balaban J connectivity index is 1.92. The van der Waals surface area contributed by atoms with E-state index in [0.717, 1.165) is 38.1 Å². The van der Waals surface area contributed by atoms with Crippen molar-refractivity contribution in [2.24, 2.45) is 0 Å². The summed E-state index contributed by atoms with van der Waals surface area (Å²) in [6.07, 6.45) is 0. The van der Waals surface area contributed by atoms with Gasteiger partial charge in [-0.3, -0.25) is 9.80 Å². The molecule has 1 aromatic rings. The molecule has 0 amide bonds. The highest BCUT2D eigenvalue weighted by Gasteiger charge is 2.18. The molecular weight excluding hydrogens is 319 g/mol. The maximum absolute atomic E-state index is 13.7. The van der Waals surface area contributed by atoms with Gasteiger partial charge < -0.3 is 0 Å². The molecule has 18 heavy (non-hydrogen) atoms. The van der Waals surface area contributed by atoms with E-state index in [1.54, 1.807) is 12.1 Å². The summed E-state index contributed by atoms with van der Waals surface area (Å²) < 4.78 is 13.7. The summed E-state index contributed by atoms with van der Waals surface area (Å²) in [6.45, 7) is 5.70. The summed E-state index contributed by atoms with van der Waals surface area (Å²) in [7, 11) is 0. The minimum Gasteiger partial charge on any atom is -0.300 e. The number of nitrogens with zero attached hydrogens (tertiary/aromatic N) is 2. The third kappa shape index (κ3) is 3.67. The molecule has 2 rings (SSSR count). The van der Waals surface area contributed by atoms with Crippen molar-refractivity contribution in [1.82, 2.24) is 9.80 Å². The highest BCUT2D eigenvalue weighted by atomic mass is 79.9. The molecule has 0 atom stereocenters. The summed E-state index contributed by atoms with van der Waals surface area (Å²) in [5.41, 5.74) is 0.619. The standard InChI is InChI=1S/C13H17BrClFN2/c14-4-5-17-6-8-18(9-7-17)10-11-12(15)2-1-3-13(11)16/h1-3H,4-10H2. The Morgan fingerprint density at radius 3 is 2.44 bits per heavy atom. The van der Waals surface area contributed by atoms with E-state index >= 15 is 0 Å². The van der Waals surface area contributed by atoms with E-state index in [4.69, 9.17) is 11.6 Å². The number of halogens is 3. The van der Waals surface area contributed by atoms with Crippen LogP contribution in [0.3, 0.4) is 0 Å². The van der Waals surface area contributed by atoms with Gasteiger partial charge in [0.1, 0.15) is 5.82 Å². The van der Waals surface area contributed by atoms with Crippen LogP contribution >= 0.6 is 27.5 Å². The summed E-state index contributed by atoms with van der Waals surface area (Å²) >= 11 is 9.49. The van der Waals surface area contributed by atoms with Gasteiger partial charge in [-0.2, -0.15) is 0 Å². The molecule has 1 heterocycles. The van der Waals surface area contributed by atoms with Crippen LogP contribution in [0.15, 0.2) is 18.2 Å². The molecule has 0 aliphatic carbocycles. The maximum Gasteiger partial charge on any atom is 0.129 e. The first-order chi connectivity index (χ1) is 8.70. The van der Waals surface area contributed by atoms with Crippen molar-refractivity contribution >= 4 is 27.5 Å². The summed E-state index contributed by atoms with van der Waals surface area (Å²) in [5.74, 6) is -0.203. The summed E-state index contributed by atoms with van der Waals surface area (Å²) in [4.78, 5) is 4.67. The van der Waals surface area contributed by atoms with Gasteiger partial charge >= 0.3 is 0 Å². The highest BCUT2D eigenvalue weighted by molar-refractivity contribution is 9.09. The Morgan fingerprint density at radius 1 is 1.17 bits per heavy atom. The lowest BCUT2D eigenvalue weighted by molar-refractivity contribution is 0.132. The van der Waals surface area contributed by atoms with Crippen LogP contribution in [0.2, 0.25) is 5.02 Å². The third-order valence-corrected chi connectivity index (χ3v) is 4.02. The molecule has 0 bridgehead atoms. The van der Waals surface area contributed by atoms with Crippen LogP contribution < -0.4 is 0 Å². The predicted octanol–water partition coefficient (Wildman–Crippen LogP) is 2.99. The first kappa shape index (κ1) is 14.3. The van der Waals surface area contributed by atoms with E-state index < -0.39 is 0 Å². The SMILES string of the molecule is Fc1cccc(Cl)c1CN1CCN(CCBr)CC1. The Kier molecular flexibility index (Phi) is 5.42. The third-order valence-electron chi connectivity index (χ3n) is 3.31. The maximum atomic E-state index is 13.7. The van der Waals surface area contributed by atoms with Gasteiger partial charge in [-0.25, -0.2) is 4.39 Å². The van der Waals surface area contributed by atoms with Gasteiger partial charge in [0.05, 0.1) is 0 Å². The first-order valence-electron chi connectivity index (χ1n) is 6.14. The molecule has 0 aromatic heterocycles. The fourth-order valence-electron chi connectivity index (χ4n) is 2.20. The topological polar surface area (TPSA) is 6.48 Å². The zero-order valence-electron chi connectivity index (χ0n) is 10.2. The second kappa shape index (κ2) is 6.85. The Hall–Kier alpha value is -0.160. The molecule has 0 N–H and O–H groups in total. The minimum atomic E-state index is -0.203. The van der Waals surface area contributed by atoms with Crippen LogP contribution in [-0.4, -0.2) is 47.9 Å². The second-order valence-electron chi connectivity index (χ2n) is 4.51. The molecule has 1 fully saturated rings. The van der Waals surface area contributed by atoms with Crippen LogP contribution in [0, 0.1) is 5.82 Å². The quantitative estimate of drug-likeness (QED) is 0.781. The van der Waals surface area contributed by atoms with E-state index in [9.17, 15) is 4.39 Å². The first-order valence-corrected chi connectivity index (χ1v) is 7.64. The lowest BCUT2D eigenvalue weighted by Gasteiger charge is -2.34. The summed E-state index contributed by atoms with van der Waals surface area (Å²) in [5, 5.41) is 1.53. The van der Waals surface area contributed by atoms with Crippen LogP contribution in [0.4, 0.5) is 4.39 Å². The predicted molar refractivity (Wildman–Crippen MR) is 76.9 cm³/mol. The van der Waals surface area contributed by atoms with Gasteiger partial charge in [0.15, 0.2) is 0 Å². The van der Waals surface area contributed by atoms with Crippen molar-refractivity contribution in [2.75, 3.05) is 38.1 Å². The molecule has 1 aliphatic heterocycles. The average Bonchev–Trinajstić information content (AvgIpc) is 2.36. The lowest BCUT2D eigenvalue weighted by Crippen LogP contribution is -2.46. The number of hydrogen-bond acceptors (Lipinski definition) is 2. The molecule has 0 radical (unpaired) electrons. The van der Waals surface area contributed by atoms with Crippen molar-refractivity contribution in [3.8, 4) is 0 Å². The van der Waals surface area contributed by atoms with Gasteiger partial charge in [-0.15, -0.1) is 0 Å². The van der Waals surface area contributed by atoms with Crippen molar-refractivity contribution in [1.29, 1.82) is 0 Å². The number of rotatable bonds is 4. The number of hydrogen-bond donors (Lipinski definition) is 0. The zero-order chi connectivity index (χ0) is 13.0. The smallest absolute Gasteiger partial charge is 0.129 e. The molecule has 100 valence electrons. The Morgan fingerprint density at radius 2 is 1.83 bits per heavy atom. The molecule has 1 aromatic carbocycles. The van der Waals surface area contributed by atoms with Crippen molar-refractivity contribution in [3.05, 3.63) is 34.6 Å². The molecule has 0 spiro atoms. The number of benzene rings is 1. The van der Waals surface area contributed by atoms with Gasteiger partial charge in [-0.05, 0) is 12.1 Å². The Bertz CT molecular complexity index is 374. The largest absolute Gasteiger partial charge is 0.300 e. The lowest BCUT2D eigenvalue weighted by atomic mass is 10.2. The van der Waals surface area contributed by atoms with Crippen LogP contribution in [0.1, 0.15) is 5.56 Å². The van der Waals surface area contributed by atoms with Gasteiger partial charge in [-0.1, -0.05) is 33.6 Å². The second-order valence-corrected chi connectivity index (χ2v) is 5.71. The van der Waals surface area contributed by atoms with Crippen LogP contribution in [0.25, 0.3) is 0 Å². The molecule has 0 unspecified atom stereocenters. The van der Waals surface area contributed by atoms with Crippen molar-refractivity contribution in [3.63, 3.8) is 0 Å². The van der Waals surface area contributed by atoms with E-state index in [-0.39, 0.29) is 5.82 Å². The monoisotopic (exact) mass is 334 g/mol. The van der Waals surface area contributed by atoms with E-state index in [2.05, 4.69) is 25.7 Å². The Labute approximate surface area is 121 Å². The van der Waals surface area contributed by atoms with Crippen LogP contribution in [0.5, 0.6) is 0 Å². The highest BCUT2D eigenvalue weighted by Crippen LogP contribution is 2.21. The molecule has 1 saturated heterocycles. The fourth-order valence-corrected chi connectivity index (χ4v) is 2.92. The van der Waals surface area contributed by atoms with Gasteiger partial charge in [0, 0.05) is 55.2 Å². The van der Waals surface area contributed by atoms with E-state index in [1.807, 2.05) is 0 Å². The molecular formula is C13H17BrClFN2. The average molecular weight is 336 g/mol.